The Kier molecular flexibility index (Phi) is 3.09. The van der Waals surface area contributed by atoms with Crippen molar-refractivity contribution in [2.75, 3.05) is 0 Å². The van der Waals surface area contributed by atoms with Crippen LogP contribution in [-0.2, 0) is 22.6 Å². The van der Waals surface area contributed by atoms with Crippen LogP contribution in [0.3, 0.4) is 0 Å². The lowest BCUT2D eigenvalue weighted by Gasteiger charge is -1.98. The fraction of sp³-hybridized carbons (Fsp3) is 0.333. The van der Waals surface area contributed by atoms with Gasteiger partial charge in [-0.25, -0.2) is 13.4 Å². The molecule has 0 aliphatic rings. The Morgan fingerprint density at radius 2 is 2.24 bits per heavy atom. The molecule has 2 aromatic rings. The molecule has 1 N–H and O–H groups in total. The van der Waals surface area contributed by atoms with Crippen LogP contribution in [0.1, 0.15) is 11.4 Å². The molecule has 0 radical (unpaired) electrons. The molecule has 0 spiro atoms. The maximum atomic E-state index is 12.0. The van der Waals surface area contributed by atoms with Crippen molar-refractivity contribution in [2.45, 2.75) is 17.8 Å². The third kappa shape index (κ3) is 2.58. The van der Waals surface area contributed by atoms with E-state index in [1.807, 2.05) is 0 Å². The van der Waals surface area contributed by atoms with E-state index in [-0.39, 0.29) is 10.9 Å². The van der Waals surface area contributed by atoms with Gasteiger partial charge in [-0.15, -0.1) is 0 Å². The number of sulfone groups is 1. The van der Waals surface area contributed by atoms with Crippen LogP contribution >= 0.6 is 15.9 Å². The van der Waals surface area contributed by atoms with E-state index in [9.17, 15) is 8.42 Å². The summed E-state index contributed by atoms with van der Waals surface area (Å²) in [5.74, 6) is -0.179. The van der Waals surface area contributed by atoms with E-state index >= 15 is 0 Å². The molecule has 0 unspecified atom stereocenters. The molecule has 0 saturated carbocycles. The molecule has 17 heavy (non-hydrogen) atoms. The highest BCUT2D eigenvalue weighted by Gasteiger charge is 2.21. The molecule has 0 saturated heterocycles. The molecule has 2 rings (SSSR count). The molecule has 0 aromatic carbocycles. The smallest absolute Gasteiger partial charge is 0.225 e. The average molecular weight is 319 g/mol. The van der Waals surface area contributed by atoms with Crippen molar-refractivity contribution >= 4 is 25.8 Å². The first kappa shape index (κ1) is 12.3. The average Bonchev–Trinajstić information content (AvgIpc) is 2.74. The molecule has 0 atom stereocenters. The topological polar surface area (TPSA) is 80.6 Å². The number of nitrogens with one attached hydrogen (secondary N) is 1. The fourth-order valence-corrected chi connectivity index (χ4v) is 3.34. The van der Waals surface area contributed by atoms with Crippen molar-refractivity contribution in [1.29, 1.82) is 0 Å². The Morgan fingerprint density at radius 3 is 2.71 bits per heavy atom. The second-order valence-electron chi connectivity index (χ2n) is 3.73. The lowest BCUT2D eigenvalue weighted by Crippen LogP contribution is -2.08. The van der Waals surface area contributed by atoms with Crippen molar-refractivity contribution in [2.24, 2.45) is 7.05 Å². The summed E-state index contributed by atoms with van der Waals surface area (Å²) in [6, 6.07) is 0. The number of halogens is 1. The summed E-state index contributed by atoms with van der Waals surface area (Å²) in [4.78, 5) is 6.54. The summed E-state index contributed by atoms with van der Waals surface area (Å²) >= 11 is 3.27. The highest BCUT2D eigenvalue weighted by Crippen LogP contribution is 2.19. The maximum Gasteiger partial charge on any atom is 0.225 e. The molecule has 0 fully saturated rings. The molecule has 0 aliphatic carbocycles. The standard InChI is InChI=1S/C9H11BrN4O2S/c1-6-3-11-9(12-6)17(15,16)5-8-7(10)4-14(2)13-8/h3-4H,5H2,1-2H3,(H,11,12). The predicted molar refractivity (Wildman–Crippen MR) is 65.1 cm³/mol. The van der Waals surface area contributed by atoms with E-state index in [0.717, 1.165) is 0 Å². The van der Waals surface area contributed by atoms with Crippen molar-refractivity contribution in [3.05, 3.63) is 28.3 Å². The molecular weight excluding hydrogens is 308 g/mol. The molecule has 92 valence electrons. The zero-order valence-electron chi connectivity index (χ0n) is 9.31. The monoisotopic (exact) mass is 318 g/mol. The van der Waals surface area contributed by atoms with Gasteiger partial charge in [0.1, 0.15) is 5.75 Å². The summed E-state index contributed by atoms with van der Waals surface area (Å²) in [6.45, 7) is 1.75. The van der Waals surface area contributed by atoms with E-state index in [2.05, 4.69) is 31.0 Å². The molecule has 2 aromatic heterocycles. The van der Waals surface area contributed by atoms with Gasteiger partial charge in [-0.2, -0.15) is 5.10 Å². The summed E-state index contributed by atoms with van der Waals surface area (Å²) in [5.41, 5.74) is 1.19. The number of aromatic nitrogens is 4. The Morgan fingerprint density at radius 1 is 1.53 bits per heavy atom. The highest BCUT2D eigenvalue weighted by molar-refractivity contribution is 9.10. The van der Waals surface area contributed by atoms with Crippen LogP contribution in [0.25, 0.3) is 0 Å². The number of imidazole rings is 1. The number of hydrogen-bond donors (Lipinski definition) is 1. The molecule has 0 aliphatic heterocycles. The predicted octanol–water partition coefficient (Wildman–Crippen LogP) is 1.19. The van der Waals surface area contributed by atoms with Crippen LogP contribution in [-0.4, -0.2) is 28.2 Å². The van der Waals surface area contributed by atoms with E-state index < -0.39 is 9.84 Å². The Hall–Kier alpha value is -1.15. The zero-order valence-corrected chi connectivity index (χ0v) is 11.7. The summed E-state index contributed by atoms with van der Waals surface area (Å²) in [6.07, 6.45) is 3.19. The van der Waals surface area contributed by atoms with Gasteiger partial charge in [0.05, 0.1) is 10.2 Å². The van der Waals surface area contributed by atoms with Gasteiger partial charge in [-0.1, -0.05) is 0 Å². The number of hydrogen-bond acceptors (Lipinski definition) is 4. The minimum absolute atomic E-state index is 0.0208. The number of nitrogens with zero attached hydrogens (tertiary/aromatic N) is 3. The number of aryl methyl sites for hydroxylation is 2. The van der Waals surface area contributed by atoms with Gasteiger partial charge in [0.25, 0.3) is 0 Å². The van der Waals surface area contributed by atoms with Crippen LogP contribution < -0.4 is 0 Å². The first-order chi connectivity index (χ1) is 7.88. The minimum atomic E-state index is -3.47. The largest absolute Gasteiger partial charge is 0.333 e. The number of H-pyrrole nitrogens is 1. The third-order valence-corrected chi connectivity index (χ3v) is 4.27. The van der Waals surface area contributed by atoms with Crippen LogP contribution in [0.5, 0.6) is 0 Å². The third-order valence-electron chi connectivity index (χ3n) is 2.16. The summed E-state index contributed by atoms with van der Waals surface area (Å²) in [5, 5.41) is 4.06. The van der Waals surface area contributed by atoms with Gasteiger partial charge in [0.2, 0.25) is 15.0 Å². The van der Waals surface area contributed by atoms with E-state index in [1.54, 1.807) is 24.9 Å². The Balaban J connectivity index is 2.32. The minimum Gasteiger partial charge on any atom is -0.333 e. The second-order valence-corrected chi connectivity index (χ2v) is 6.49. The van der Waals surface area contributed by atoms with Gasteiger partial charge < -0.3 is 4.98 Å². The molecular formula is C9H11BrN4O2S. The maximum absolute atomic E-state index is 12.0. The number of rotatable bonds is 3. The highest BCUT2D eigenvalue weighted by atomic mass is 79.9. The van der Waals surface area contributed by atoms with Crippen LogP contribution in [0.4, 0.5) is 0 Å². The van der Waals surface area contributed by atoms with Gasteiger partial charge in [-0.05, 0) is 22.9 Å². The van der Waals surface area contributed by atoms with Gasteiger partial charge in [0, 0.05) is 25.1 Å². The first-order valence-corrected chi connectivity index (χ1v) is 7.25. The number of aromatic amines is 1. The fourth-order valence-electron chi connectivity index (χ4n) is 1.40. The van der Waals surface area contributed by atoms with Crippen molar-refractivity contribution in [1.82, 2.24) is 19.7 Å². The lowest BCUT2D eigenvalue weighted by molar-refractivity contribution is 0.586. The van der Waals surface area contributed by atoms with Crippen LogP contribution in [0, 0.1) is 6.92 Å². The Bertz CT molecular complexity index is 644. The normalized spacial score (nSPS) is 11.9. The van der Waals surface area contributed by atoms with Crippen LogP contribution in [0.2, 0.25) is 0 Å². The van der Waals surface area contributed by atoms with E-state index in [1.165, 1.54) is 6.20 Å². The molecule has 6 nitrogen and oxygen atoms in total. The first-order valence-electron chi connectivity index (χ1n) is 4.81. The quantitative estimate of drug-likeness (QED) is 0.921. The summed E-state index contributed by atoms with van der Waals surface area (Å²) in [7, 11) is -1.74. The van der Waals surface area contributed by atoms with Crippen molar-refractivity contribution < 1.29 is 8.42 Å². The van der Waals surface area contributed by atoms with E-state index in [4.69, 9.17) is 0 Å². The Labute approximate surface area is 107 Å². The molecule has 8 heteroatoms. The van der Waals surface area contributed by atoms with Crippen molar-refractivity contribution in [3.8, 4) is 0 Å². The summed E-state index contributed by atoms with van der Waals surface area (Å²) < 4.78 is 26.3. The molecule has 0 amide bonds. The second kappa shape index (κ2) is 4.26. The molecule has 2 heterocycles. The van der Waals surface area contributed by atoms with Crippen molar-refractivity contribution in [3.63, 3.8) is 0 Å². The SMILES string of the molecule is Cc1cnc(S(=O)(=O)Cc2nn(C)cc2Br)[nH]1. The lowest BCUT2D eigenvalue weighted by atomic mass is 10.5. The molecule has 0 bridgehead atoms. The van der Waals surface area contributed by atoms with Gasteiger partial charge in [0.15, 0.2) is 0 Å². The van der Waals surface area contributed by atoms with Gasteiger partial charge >= 0.3 is 0 Å². The van der Waals surface area contributed by atoms with Crippen LogP contribution in [0.15, 0.2) is 22.0 Å². The van der Waals surface area contributed by atoms with Gasteiger partial charge in [-0.3, -0.25) is 4.68 Å². The zero-order chi connectivity index (χ0) is 12.6. The van der Waals surface area contributed by atoms with E-state index in [0.29, 0.717) is 15.9 Å².